The molecule has 0 saturated heterocycles. The highest BCUT2D eigenvalue weighted by Gasteiger charge is 2.12. The Bertz CT molecular complexity index is 487. The fraction of sp³-hybridized carbons (Fsp3) is 0.444. The second-order valence-electron chi connectivity index (χ2n) is 3.60. The zero-order valence-electron chi connectivity index (χ0n) is 9.02. The van der Waals surface area contributed by atoms with Crippen LogP contribution >= 0.6 is 0 Å². The van der Waals surface area contributed by atoms with Gasteiger partial charge in [-0.25, -0.2) is 4.98 Å². The third-order valence-electron chi connectivity index (χ3n) is 2.23. The lowest BCUT2D eigenvalue weighted by atomic mass is 10.4. The van der Waals surface area contributed by atoms with Gasteiger partial charge in [-0.1, -0.05) is 0 Å². The standard InChI is InChI=1S/C9H14N6/c1-5(2)15-4-12-6-7(11-3)13-9(10)14-8(6)15/h4-5H,1-3H3,(H3,10,11,13,14). The average molecular weight is 206 g/mol. The van der Waals surface area contributed by atoms with Crippen molar-refractivity contribution < 1.29 is 0 Å². The van der Waals surface area contributed by atoms with Crippen molar-refractivity contribution in [3.8, 4) is 0 Å². The van der Waals surface area contributed by atoms with E-state index in [0.717, 1.165) is 11.2 Å². The molecular weight excluding hydrogens is 192 g/mol. The maximum Gasteiger partial charge on any atom is 0.224 e. The molecule has 0 aliphatic rings. The molecule has 0 aliphatic heterocycles. The Balaban J connectivity index is 2.75. The molecule has 0 radical (unpaired) electrons. The molecule has 2 heterocycles. The van der Waals surface area contributed by atoms with Gasteiger partial charge < -0.3 is 15.6 Å². The van der Waals surface area contributed by atoms with Gasteiger partial charge in [0.05, 0.1) is 6.33 Å². The highest BCUT2D eigenvalue weighted by molar-refractivity contribution is 5.84. The van der Waals surface area contributed by atoms with Crippen LogP contribution in [0.1, 0.15) is 19.9 Å². The molecule has 0 amide bonds. The number of hydrogen-bond acceptors (Lipinski definition) is 5. The van der Waals surface area contributed by atoms with Gasteiger partial charge >= 0.3 is 0 Å². The third-order valence-corrected chi connectivity index (χ3v) is 2.23. The molecule has 3 N–H and O–H groups in total. The molecule has 80 valence electrons. The van der Waals surface area contributed by atoms with Gasteiger partial charge in [-0.3, -0.25) is 0 Å². The first-order valence-electron chi connectivity index (χ1n) is 4.81. The van der Waals surface area contributed by atoms with Crippen LogP contribution in [0.25, 0.3) is 11.2 Å². The molecule has 0 bridgehead atoms. The Morgan fingerprint density at radius 3 is 2.73 bits per heavy atom. The van der Waals surface area contributed by atoms with Gasteiger partial charge in [0.2, 0.25) is 5.95 Å². The molecule has 0 unspecified atom stereocenters. The second-order valence-corrected chi connectivity index (χ2v) is 3.60. The van der Waals surface area contributed by atoms with Crippen LogP contribution in [0.5, 0.6) is 0 Å². The van der Waals surface area contributed by atoms with E-state index in [-0.39, 0.29) is 5.95 Å². The number of nitrogens with two attached hydrogens (primary N) is 1. The summed E-state index contributed by atoms with van der Waals surface area (Å²) in [5.41, 5.74) is 7.14. The fourth-order valence-corrected chi connectivity index (χ4v) is 1.49. The van der Waals surface area contributed by atoms with E-state index in [4.69, 9.17) is 5.73 Å². The molecule has 2 aromatic heterocycles. The Labute approximate surface area is 87.5 Å². The smallest absolute Gasteiger partial charge is 0.224 e. The number of hydrogen-bond donors (Lipinski definition) is 2. The van der Waals surface area contributed by atoms with E-state index >= 15 is 0 Å². The first-order chi connectivity index (χ1) is 7.13. The van der Waals surface area contributed by atoms with Gasteiger partial charge in [0, 0.05) is 13.1 Å². The SMILES string of the molecule is CNc1nc(N)nc2c1ncn2C(C)C. The van der Waals surface area contributed by atoms with Gasteiger partial charge in [-0.15, -0.1) is 0 Å². The molecule has 0 fully saturated rings. The van der Waals surface area contributed by atoms with Crippen LogP contribution in [0.4, 0.5) is 11.8 Å². The van der Waals surface area contributed by atoms with E-state index in [0.29, 0.717) is 11.9 Å². The van der Waals surface area contributed by atoms with Crippen LogP contribution in [0.2, 0.25) is 0 Å². The van der Waals surface area contributed by atoms with E-state index in [9.17, 15) is 0 Å². The summed E-state index contributed by atoms with van der Waals surface area (Å²) in [5.74, 6) is 0.922. The number of fused-ring (bicyclic) bond motifs is 1. The van der Waals surface area contributed by atoms with Gasteiger partial charge in [0.15, 0.2) is 17.0 Å². The first kappa shape index (κ1) is 9.70. The number of anilines is 2. The first-order valence-corrected chi connectivity index (χ1v) is 4.81. The average Bonchev–Trinajstić information content (AvgIpc) is 2.59. The minimum absolute atomic E-state index is 0.259. The number of nitrogen functional groups attached to an aromatic ring is 1. The minimum atomic E-state index is 0.259. The van der Waals surface area contributed by atoms with E-state index in [1.807, 2.05) is 4.57 Å². The molecule has 2 aromatic rings. The van der Waals surface area contributed by atoms with E-state index < -0.39 is 0 Å². The van der Waals surface area contributed by atoms with Crippen LogP contribution in [-0.2, 0) is 0 Å². The molecule has 6 nitrogen and oxygen atoms in total. The van der Waals surface area contributed by atoms with E-state index in [1.54, 1.807) is 13.4 Å². The van der Waals surface area contributed by atoms with Crippen LogP contribution in [-0.4, -0.2) is 26.6 Å². The van der Waals surface area contributed by atoms with Crippen molar-refractivity contribution in [2.75, 3.05) is 18.1 Å². The molecule has 0 aliphatic carbocycles. The second kappa shape index (κ2) is 3.38. The van der Waals surface area contributed by atoms with Crippen LogP contribution in [0.15, 0.2) is 6.33 Å². The van der Waals surface area contributed by atoms with Crippen molar-refractivity contribution in [2.24, 2.45) is 0 Å². The maximum atomic E-state index is 5.63. The molecule has 0 aromatic carbocycles. The summed E-state index contributed by atoms with van der Waals surface area (Å²) in [6.07, 6.45) is 1.75. The topological polar surface area (TPSA) is 81.7 Å². The van der Waals surface area contributed by atoms with Crippen molar-refractivity contribution in [2.45, 2.75) is 19.9 Å². The van der Waals surface area contributed by atoms with Gasteiger partial charge in [0.25, 0.3) is 0 Å². The van der Waals surface area contributed by atoms with Crippen molar-refractivity contribution >= 4 is 22.9 Å². The normalized spacial score (nSPS) is 11.2. The number of aromatic nitrogens is 4. The lowest BCUT2D eigenvalue weighted by molar-refractivity contribution is 0.613. The van der Waals surface area contributed by atoms with Crippen LogP contribution in [0.3, 0.4) is 0 Å². The summed E-state index contributed by atoms with van der Waals surface area (Å²) in [6.45, 7) is 4.14. The number of nitrogens with one attached hydrogen (secondary N) is 1. The van der Waals surface area contributed by atoms with Crippen LogP contribution < -0.4 is 11.1 Å². The van der Waals surface area contributed by atoms with Crippen molar-refractivity contribution in [1.29, 1.82) is 0 Å². The highest BCUT2D eigenvalue weighted by Crippen LogP contribution is 2.21. The van der Waals surface area contributed by atoms with Crippen LogP contribution in [0, 0.1) is 0 Å². The Morgan fingerprint density at radius 1 is 1.40 bits per heavy atom. The zero-order chi connectivity index (χ0) is 11.0. The summed E-state index contributed by atoms with van der Waals surface area (Å²) >= 11 is 0. The molecule has 6 heteroatoms. The fourth-order valence-electron chi connectivity index (χ4n) is 1.49. The van der Waals surface area contributed by atoms with Crippen molar-refractivity contribution in [1.82, 2.24) is 19.5 Å². The Morgan fingerprint density at radius 2 is 2.13 bits per heavy atom. The molecular formula is C9H14N6. The predicted molar refractivity (Wildman–Crippen MR) is 59.7 cm³/mol. The molecule has 0 saturated carbocycles. The monoisotopic (exact) mass is 206 g/mol. The number of nitrogens with zero attached hydrogens (tertiary/aromatic N) is 4. The highest BCUT2D eigenvalue weighted by atomic mass is 15.2. The summed E-state index contributed by atoms with van der Waals surface area (Å²) in [6, 6.07) is 0.300. The zero-order valence-corrected chi connectivity index (χ0v) is 9.02. The van der Waals surface area contributed by atoms with E-state index in [1.165, 1.54) is 0 Å². The third kappa shape index (κ3) is 1.47. The maximum absolute atomic E-state index is 5.63. The van der Waals surface area contributed by atoms with Gasteiger partial charge in [-0.2, -0.15) is 9.97 Å². The lowest BCUT2D eigenvalue weighted by Gasteiger charge is -2.07. The minimum Gasteiger partial charge on any atom is -0.371 e. The van der Waals surface area contributed by atoms with Crippen molar-refractivity contribution in [3.05, 3.63) is 6.33 Å². The van der Waals surface area contributed by atoms with Gasteiger partial charge in [-0.05, 0) is 13.8 Å². The number of imidazole rings is 1. The van der Waals surface area contributed by atoms with E-state index in [2.05, 4.69) is 34.1 Å². The largest absolute Gasteiger partial charge is 0.371 e. The summed E-state index contributed by atoms with van der Waals surface area (Å²) in [5, 5.41) is 2.96. The summed E-state index contributed by atoms with van der Waals surface area (Å²) in [4.78, 5) is 12.5. The molecule has 0 atom stereocenters. The molecule has 15 heavy (non-hydrogen) atoms. The molecule has 0 spiro atoms. The Kier molecular flexibility index (Phi) is 2.18. The summed E-state index contributed by atoms with van der Waals surface area (Å²) < 4.78 is 1.97. The Hall–Kier alpha value is -1.85. The molecule has 2 rings (SSSR count). The van der Waals surface area contributed by atoms with Crippen molar-refractivity contribution in [3.63, 3.8) is 0 Å². The number of rotatable bonds is 2. The quantitative estimate of drug-likeness (QED) is 0.767. The lowest BCUT2D eigenvalue weighted by Crippen LogP contribution is -2.04. The summed E-state index contributed by atoms with van der Waals surface area (Å²) in [7, 11) is 1.79. The predicted octanol–water partition coefficient (Wildman–Crippen LogP) is 1.03. The van der Waals surface area contributed by atoms with Gasteiger partial charge in [0.1, 0.15) is 0 Å².